The van der Waals surface area contributed by atoms with Crippen molar-refractivity contribution in [3.05, 3.63) is 23.8 Å². The molecule has 4 heteroatoms. The molecule has 0 bridgehead atoms. The van der Waals surface area contributed by atoms with E-state index in [1.54, 1.807) is 0 Å². The summed E-state index contributed by atoms with van der Waals surface area (Å²) in [5.74, 6) is 0.994. The van der Waals surface area contributed by atoms with Crippen LogP contribution in [-0.2, 0) is 6.42 Å². The predicted molar refractivity (Wildman–Crippen MR) is 94.0 cm³/mol. The number of benzene rings is 1. The molecule has 0 fully saturated rings. The van der Waals surface area contributed by atoms with Crippen molar-refractivity contribution in [3.8, 4) is 5.75 Å². The van der Waals surface area contributed by atoms with Crippen molar-refractivity contribution in [1.82, 2.24) is 10.2 Å². The first kappa shape index (κ1) is 17.1. The summed E-state index contributed by atoms with van der Waals surface area (Å²) in [4.78, 5) is 2.23. The summed E-state index contributed by atoms with van der Waals surface area (Å²) in [7, 11) is 4.24. The van der Waals surface area contributed by atoms with Gasteiger partial charge in [0.2, 0.25) is 0 Å². The first-order chi connectivity index (χ1) is 10.6. The van der Waals surface area contributed by atoms with E-state index in [0.29, 0.717) is 12.1 Å². The van der Waals surface area contributed by atoms with Crippen molar-refractivity contribution < 1.29 is 4.74 Å². The predicted octanol–water partition coefficient (Wildman–Crippen LogP) is 2.74. The largest absolute Gasteiger partial charge is 0.486 e. The molecule has 22 heavy (non-hydrogen) atoms. The number of nitrogens with one attached hydrogen (secondary N) is 2. The molecule has 2 atom stereocenters. The molecule has 4 nitrogen and oxygen atoms in total. The fourth-order valence-electron chi connectivity index (χ4n) is 2.79. The molecular formula is C18H31N3O. The quantitative estimate of drug-likeness (QED) is 0.724. The van der Waals surface area contributed by atoms with E-state index >= 15 is 0 Å². The minimum absolute atomic E-state index is 0.302. The van der Waals surface area contributed by atoms with E-state index in [-0.39, 0.29) is 0 Å². The molecule has 0 saturated heterocycles. The van der Waals surface area contributed by atoms with Crippen LogP contribution < -0.4 is 15.4 Å². The molecule has 2 rings (SSSR count). The minimum atomic E-state index is 0.302. The van der Waals surface area contributed by atoms with Gasteiger partial charge in [-0.2, -0.15) is 0 Å². The van der Waals surface area contributed by atoms with Gasteiger partial charge >= 0.3 is 0 Å². The summed E-state index contributed by atoms with van der Waals surface area (Å²) in [6.45, 7) is 7.54. The average Bonchev–Trinajstić information content (AvgIpc) is 2.51. The Morgan fingerprint density at radius 2 is 2.23 bits per heavy atom. The van der Waals surface area contributed by atoms with E-state index in [0.717, 1.165) is 43.9 Å². The van der Waals surface area contributed by atoms with Crippen LogP contribution in [0.25, 0.3) is 0 Å². The molecule has 0 aromatic heterocycles. The van der Waals surface area contributed by atoms with Crippen LogP contribution >= 0.6 is 0 Å². The van der Waals surface area contributed by atoms with Crippen molar-refractivity contribution in [1.29, 1.82) is 0 Å². The highest BCUT2D eigenvalue weighted by Crippen LogP contribution is 2.30. The number of anilines is 1. The number of hydrogen-bond acceptors (Lipinski definition) is 4. The molecule has 0 saturated carbocycles. The Bertz CT molecular complexity index is 462. The molecule has 2 unspecified atom stereocenters. The standard InChI is InChI=1S/C18H31N3O/c1-5-16-13-20-17-12-15(7-8-18(17)22-16)11-14(2)19-9-6-10-21(3)4/h7-8,12,14,16,19-20H,5-6,9-11,13H2,1-4H3. The molecule has 0 spiro atoms. The van der Waals surface area contributed by atoms with Crippen LogP contribution in [0.2, 0.25) is 0 Å². The van der Waals surface area contributed by atoms with E-state index in [1.165, 1.54) is 12.0 Å². The fraction of sp³-hybridized carbons (Fsp3) is 0.667. The third-order valence-electron chi connectivity index (χ3n) is 4.13. The molecular weight excluding hydrogens is 274 g/mol. The zero-order chi connectivity index (χ0) is 15.9. The topological polar surface area (TPSA) is 36.5 Å². The van der Waals surface area contributed by atoms with Gasteiger partial charge < -0.3 is 20.3 Å². The molecule has 1 aliphatic rings. The van der Waals surface area contributed by atoms with E-state index in [9.17, 15) is 0 Å². The van der Waals surface area contributed by atoms with Gasteiger partial charge in [-0.25, -0.2) is 0 Å². The lowest BCUT2D eigenvalue weighted by molar-refractivity contribution is 0.202. The van der Waals surface area contributed by atoms with Gasteiger partial charge in [-0.1, -0.05) is 13.0 Å². The Hall–Kier alpha value is -1.26. The van der Waals surface area contributed by atoms with Gasteiger partial charge in [-0.05, 0) is 71.1 Å². The highest BCUT2D eigenvalue weighted by Gasteiger charge is 2.17. The third kappa shape index (κ3) is 5.18. The van der Waals surface area contributed by atoms with Gasteiger partial charge in [0, 0.05) is 6.04 Å². The van der Waals surface area contributed by atoms with E-state index < -0.39 is 0 Å². The first-order valence-corrected chi connectivity index (χ1v) is 8.50. The second kappa shape index (κ2) is 8.39. The van der Waals surface area contributed by atoms with Crippen molar-refractivity contribution >= 4 is 5.69 Å². The maximum Gasteiger partial charge on any atom is 0.142 e. The molecule has 0 amide bonds. The highest BCUT2D eigenvalue weighted by atomic mass is 16.5. The fourth-order valence-corrected chi connectivity index (χ4v) is 2.79. The lowest BCUT2D eigenvalue weighted by atomic mass is 10.0. The molecule has 0 radical (unpaired) electrons. The molecule has 124 valence electrons. The van der Waals surface area contributed by atoms with Gasteiger partial charge in [-0.3, -0.25) is 0 Å². The van der Waals surface area contributed by atoms with Crippen molar-refractivity contribution in [2.75, 3.05) is 39.0 Å². The van der Waals surface area contributed by atoms with Gasteiger partial charge in [0.05, 0.1) is 12.2 Å². The third-order valence-corrected chi connectivity index (χ3v) is 4.13. The lowest BCUT2D eigenvalue weighted by Gasteiger charge is -2.27. The summed E-state index contributed by atoms with van der Waals surface area (Å²) in [5.41, 5.74) is 2.50. The molecule has 1 aromatic carbocycles. The SMILES string of the molecule is CCC1CNc2cc(CC(C)NCCCN(C)C)ccc2O1. The summed E-state index contributed by atoms with van der Waals surface area (Å²) in [6, 6.07) is 7.03. The van der Waals surface area contributed by atoms with Gasteiger partial charge in [-0.15, -0.1) is 0 Å². The molecule has 1 aliphatic heterocycles. The maximum absolute atomic E-state index is 5.96. The molecule has 2 N–H and O–H groups in total. The number of nitrogens with zero attached hydrogens (tertiary/aromatic N) is 1. The number of ether oxygens (including phenoxy) is 1. The Morgan fingerprint density at radius 1 is 1.41 bits per heavy atom. The summed E-state index contributed by atoms with van der Waals surface area (Å²) in [5, 5.41) is 7.10. The lowest BCUT2D eigenvalue weighted by Crippen LogP contribution is -2.31. The molecule has 1 aromatic rings. The Morgan fingerprint density at radius 3 is 2.95 bits per heavy atom. The van der Waals surface area contributed by atoms with Gasteiger partial charge in [0.25, 0.3) is 0 Å². The second-order valence-corrected chi connectivity index (χ2v) is 6.58. The van der Waals surface area contributed by atoms with Crippen LogP contribution in [0.4, 0.5) is 5.69 Å². The summed E-state index contributed by atoms with van der Waals surface area (Å²) in [6.07, 6.45) is 3.58. The average molecular weight is 305 g/mol. The highest BCUT2D eigenvalue weighted by molar-refractivity contribution is 5.59. The zero-order valence-corrected chi connectivity index (χ0v) is 14.5. The Kier molecular flexibility index (Phi) is 6.52. The van der Waals surface area contributed by atoms with Crippen LogP contribution in [0.5, 0.6) is 5.75 Å². The van der Waals surface area contributed by atoms with Crippen LogP contribution in [0.1, 0.15) is 32.3 Å². The maximum atomic E-state index is 5.96. The van der Waals surface area contributed by atoms with E-state index in [2.05, 4.69) is 61.7 Å². The second-order valence-electron chi connectivity index (χ2n) is 6.58. The van der Waals surface area contributed by atoms with Crippen molar-refractivity contribution in [2.24, 2.45) is 0 Å². The molecule has 0 aliphatic carbocycles. The zero-order valence-electron chi connectivity index (χ0n) is 14.5. The van der Waals surface area contributed by atoms with Crippen LogP contribution in [0.3, 0.4) is 0 Å². The van der Waals surface area contributed by atoms with E-state index in [1.807, 2.05) is 0 Å². The van der Waals surface area contributed by atoms with Crippen LogP contribution in [-0.4, -0.2) is 50.8 Å². The van der Waals surface area contributed by atoms with E-state index in [4.69, 9.17) is 4.74 Å². The Balaban J connectivity index is 1.81. The number of hydrogen-bond donors (Lipinski definition) is 2. The summed E-state index contributed by atoms with van der Waals surface area (Å²) < 4.78 is 5.96. The van der Waals surface area contributed by atoms with Gasteiger partial charge in [0.1, 0.15) is 11.9 Å². The normalized spacial score (nSPS) is 18.5. The Labute approximate surface area is 135 Å². The molecule has 1 heterocycles. The van der Waals surface area contributed by atoms with Crippen LogP contribution in [0, 0.1) is 0 Å². The minimum Gasteiger partial charge on any atom is -0.486 e. The van der Waals surface area contributed by atoms with Crippen molar-refractivity contribution in [3.63, 3.8) is 0 Å². The van der Waals surface area contributed by atoms with Gasteiger partial charge in [0.15, 0.2) is 0 Å². The smallest absolute Gasteiger partial charge is 0.142 e. The van der Waals surface area contributed by atoms with Crippen molar-refractivity contribution in [2.45, 2.75) is 45.3 Å². The summed E-state index contributed by atoms with van der Waals surface area (Å²) >= 11 is 0. The first-order valence-electron chi connectivity index (χ1n) is 8.50. The van der Waals surface area contributed by atoms with Crippen LogP contribution in [0.15, 0.2) is 18.2 Å². The number of rotatable bonds is 8. The monoisotopic (exact) mass is 305 g/mol. The number of fused-ring (bicyclic) bond motifs is 1.